The Morgan fingerprint density at radius 3 is 2.64 bits per heavy atom. The number of hydrogen-bond acceptors (Lipinski definition) is 3. The first-order valence-electron chi connectivity index (χ1n) is 9.37. The summed E-state index contributed by atoms with van der Waals surface area (Å²) in [6, 6.07) is 5.75. The van der Waals surface area contributed by atoms with Crippen molar-refractivity contribution in [3.05, 3.63) is 30.2 Å². The zero-order valence-electron chi connectivity index (χ0n) is 15.7. The summed E-state index contributed by atoms with van der Waals surface area (Å²) in [7, 11) is 0. The fourth-order valence-electron chi connectivity index (χ4n) is 3.41. The molecule has 1 aliphatic carbocycles. The highest BCUT2D eigenvalue weighted by Crippen LogP contribution is 2.37. The van der Waals surface area contributed by atoms with Gasteiger partial charge in [-0.1, -0.05) is 6.07 Å². The monoisotopic (exact) mass is 510 g/mol. The van der Waals surface area contributed by atoms with Crippen LogP contribution in [0.5, 0.6) is 0 Å². The summed E-state index contributed by atoms with van der Waals surface area (Å²) < 4.78 is 40.3. The fraction of sp³-hybridized carbons (Fsp3) is 0.611. The average molecular weight is 510 g/mol. The molecule has 2 aromatic heterocycles. The molecule has 0 unspecified atom stereocenters. The van der Waals surface area contributed by atoms with Crippen molar-refractivity contribution in [3.8, 4) is 0 Å². The molecule has 1 fully saturated rings. The van der Waals surface area contributed by atoms with Gasteiger partial charge in [0.25, 0.3) is 0 Å². The zero-order valence-corrected chi connectivity index (χ0v) is 18.1. The minimum Gasteiger partial charge on any atom is -0.357 e. The lowest BCUT2D eigenvalue weighted by molar-refractivity contribution is -0.182. The van der Waals surface area contributed by atoms with E-state index in [1.54, 1.807) is 0 Å². The lowest BCUT2D eigenvalue weighted by Crippen LogP contribution is -2.46. The molecule has 6 nitrogen and oxygen atoms in total. The minimum atomic E-state index is -4.08. The first-order valence-corrected chi connectivity index (χ1v) is 9.37. The van der Waals surface area contributed by atoms with Gasteiger partial charge in [0.2, 0.25) is 0 Å². The van der Waals surface area contributed by atoms with Crippen molar-refractivity contribution in [2.24, 2.45) is 10.9 Å². The topological polar surface area (TPSA) is 66.6 Å². The summed E-state index contributed by atoms with van der Waals surface area (Å²) in [6.07, 6.45) is -0.185. The Kier molecular flexibility index (Phi) is 8.32. The second-order valence-corrected chi connectivity index (χ2v) is 6.79. The van der Waals surface area contributed by atoms with Crippen molar-refractivity contribution in [2.75, 3.05) is 13.1 Å². The highest BCUT2D eigenvalue weighted by atomic mass is 127. The molecule has 2 N–H and O–H groups in total. The molecule has 28 heavy (non-hydrogen) atoms. The van der Waals surface area contributed by atoms with Crippen LogP contribution >= 0.6 is 24.0 Å². The summed E-state index contributed by atoms with van der Waals surface area (Å²) in [4.78, 5) is 4.55. The third-order valence-corrected chi connectivity index (χ3v) is 4.86. The van der Waals surface area contributed by atoms with Crippen LogP contribution in [0.25, 0.3) is 5.65 Å². The van der Waals surface area contributed by atoms with Crippen molar-refractivity contribution in [1.29, 1.82) is 0 Å². The van der Waals surface area contributed by atoms with Crippen LogP contribution in [0.4, 0.5) is 13.2 Å². The molecule has 2 heterocycles. The Hall–Kier alpha value is -1.59. The summed E-state index contributed by atoms with van der Waals surface area (Å²) >= 11 is 0. The molecule has 0 aromatic carbocycles. The van der Waals surface area contributed by atoms with Gasteiger partial charge in [-0.25, -0.2) is 0 Å². The van der Waals surface area contributed by atoms with Gasteiger partial charge in [-0.05, 0) is 44.7 Å². The number of rotatable bonds is 5. The lowest BCUT2D eigenvalue weighted by atomic mass is 9.85. The van der Waals surface area contributed by atoms with Crippen molar-refractivity contribution in [1.82, 2.24) is 25.2 Å². The van der Waals surface area contributed by atoms with Crippen LogP contribution in [0.2, 0.25) is 0 Å². The van der Waals surface area contributed by atoms with Gasteiger partial charge < -0.3 is 10.6 Å². The molecule has 0 atom stereocenters. The molecular formula is C18H26F3IN6. The number of hydrogen-bond donors (Lipinski definition) is 2. The van der Waals surface area contributed by atoms with Crippen LogP contribution in [-0.2, 0) is 6.42 Å². The van der Waals surface area contributed by atoms with Crippen LogP contribution in [0, 0.1) is 5.92 Å². The number of alkyl halides is 3. The highest BCUT2D eigenvalue weighted by molar-refractivity contribution is 14.0. The molecule has 0 bridgehead atoms. The van der Waals surface area contributed by atoms with E-state index in [0.29, 0.717) is 38.3 Å². The third kappa shape index (κ3) is 5.95. The molecule has 0 saturated heterocycles. The predicted molar refractivity (Wildman–Crippen MR) is 113 cm³/mol. The zero-order chi connectivity index (χ0) is 19.3. The molecule has 156 valence electrons. The quantitative estimate of drug-likeness (QED) is 0.367. The molecule has 1 saturated carbocycles. The number of pyridine rings is 1. The van der Waals surface area contributed by atoms with Crippen LogP contribution in [0.3, 0.4) is 0 Å². The molecular weight excluding hydrogens is 484 g/mol. The smallest absolute Gasteiger partial charge is 0.357 e. The maximum Gasteiger partial charge on any atom is 0.391 e. The van der Waals surface area contributed by atoms with Gasteiger partial charge >= 0.3 is 6.18 Å². The Morgan fingerprint density at radius 1 is 1.21 bits per heavy atom. The molecule has 0 radical (unpaired) electrons. The first kappa shape index (κ1) is 22.7. The molecule has 10 heteroatoms. The fourth-order valence-corrected chi connectivity index (χ4v) is 3.41. The Morgan fingerprint density at radius 2 is 1.96 bits per heavy atom. The second kappa shape index (κ2) is 10.3. The number of nitrogens with one attached hydrogen (secondary N) is 2. The maximum atomic E-state index is 12.8. The average Bonchev–Trinajstić information content (AvgIpc) is 3.05. The minimum absolute atomic E-state index is 0. The number of fused-ring (bicyclic) bond motifs is 1. The van der Waals surface area contributed by atoms with E-state index in [2.05, 4.69) is 25.8 Å². The largest absolute Gasteiger partial charge is 0.391 e. The van der Waals surface area contributed by atoms with Gasteiger partial charge in [0.05, 0.1) is 5.92 Å². The van der Waals surface area contributed by atoms with Crippen LogP contribution in [0.15, 0.2) is 29.4 Å². The van der Waals surface area contributed by atoms with Crippen LogP contribution in [-0.4, -0.2) is 45.9 Å². The molecule has 2 aromatic rings. The highest BCUT2D eigenvalue weighted by Gasteiger charge is 2.41. The lowest BCUT2D eigenvalue weighted by Gasteiger charge is -2.31. The van der Waals surface area contributed by atoms with Crippen LogP contribution in [0.1, 0.15) is 38.4 Å². The number of guanidine groups is 1. The SMILES string of the molecule is CCNC(=NCCc1nnc2ccccn12)NC1CCC(C(F)(F)F)CC1.I. The van der Waals surface area contributed by atoms with Crippen molar-refractivity contribution >= 4 is 35.6 Å². The standard InChI is InChI=1S/C18H25F3N6.HI/c1-2-22-17(24-14-8-6-13(7-9-14)18(19,20)21)23-11-10-16-26-25-15-5-3-4-12-27(15)16;/h3-5,12-14H,2,6-11H2,1H3,(H2,22,23,24);1H. The van der Waals surface area contributed by atoms with Gasteiger partial charge in [-0.3, -0.25) is 9.39 Å². The predicted octanol–water partition coefficient (Wildman–Crippen LogP) is 3.57. The van der Waals surface area contributed by atoms with E-state index in [0.717, 1.165) is 11.5 Å². The maximum absolute atomic E-state index is 12.8. The normalized spacial score (nSPS) is 20.6. The van der Waals surface area contributed by atoms with Crippen molar-refractivity contribution in [2.45, 2.75) is 51.2 Å². The molecule has 0 spiro atoms. The summed E-state index contributed by atoms with van der Waals surface area (Å²) in [5.41, 5.74) is 0.794. The molecule has 3 rings (SSSR count). The van der Waals surface area contributed by atoms with Crippen LogP contribution < -0.4 is 10.6 Å². The molecule has 0 amide bonds. The van der Waals surface area contributed by atoms with Gasteiger partial charge in [0.1, 0.15) is 5.82 Å². The Bertz CT molecular complexity index is 768. The van der Waals surface area contributed by atoms with E-state index in [-0.39, 0.29) is 42.9 Å². The van der Waals surface area contributed by atoms with E-state index in [9.17, 15) is 13.2 Å². The second-order valence-electron chi connectivity index (χ2n) is 6.79. The van der Waals surface area contributed by atoms with Gasteiger partial charge in [-0.15, -0.1) is 34.2 Å². The molecule has 0 aliphatic heterocycles. The van der Waals surface area contributed by atoms with E-state index in [1.807, 2.05) is 35.7 Å². The van der Waals surface area contributed by atoms with E-state index >= 15 is 0 Å². The van der Waals surface area contributed by atoms with Crippen molar-refractivity contribution < 1.29 is 13.2 Å². The number of nitrogens with zero attached hydrogens (tertiary/aromatic N) is 4. The third-order valence-electron chi connectivity index (χ3n) is 4.86. The Labute approximate surface area is 179 Å². The first-order chi connectivity index (χ1) is 13.0. The molecule has 1 aliphatic rings. The number of halogens is 4. The summed E-state index contributed by atoms with van der Waals surface area (Å²) in [6.45, 7) is 3.17. The van der Waals surface area contributed by atoms with Crippen molar-refractivity contribution in [3.63, 3.8) is 0 Å². The summed E-state index contributed by atoms with van der Waals surface area (Å²) in [5, 5.41) is 14.7. The van der Waals surface area contributed by atoms with E-state index < -0.39 is 12.1 Å². The van der Waals surface area contributed by atoms with Gasteiger partial charge in [0, 0.05) is 31.7 Å². The summed E-state index contributed by atoms with van der Waals surface area (Å²) in [5.74, 6) is 0.300. The Balaban J connectivity index is 0.00000280. The van der Waals surface area contributed by atoms with Gasteiger partial charge in [-0.2, -0.15) is 13.2 Å². The number of aliphatic imine (C=N–C) groups is 1. The number of aromatic nitrogens is 3. The van der Waals surface area contributed by atoms with E-state index in [4.69, 9.17) is 0 Å². The van der Waals surface area contributed by atoms with E-state index in [1.165, 1.54) is 0 Å². The van der Waals surface area contributed by atoms with Gasteiger partial charge in [0.15, 0.2) is 11.6 Å².